The molecule has 0 saturated carbocycles. The summed E-state index contributed by atoms with van der Waals surface area (Å²) in [5, 5.41) is 2.32. The molecule has 0 aliphatic heterocycles. The fraction of sp³-hybridized carbons (Fsp3) is 0.235. The number of benzene rings is 1. The number of hydrogen-bond acceptors (Lipinski definition) is 5. The summed E-state index contributed by atoms with van der Waals surface area (Å²) in [5.74, 6) is -4.75. The Hall–Kier alpha value is -2.55. The molecule has 26 heavy (non-hydrogen) atoms. The molecule has 1 amide bonds. The van der Waals surface area contributed by atoms with Crippen LogP contribution in [0.1, 0.15) is 23.7 Å². The quantitative estimate of drug-likeness (QED) is 0.575. The first-order valence-corrected chi connectivity index (χ1v) is 8.46. The standard InChI is InChI=1S/C17H15F3N2O3S/c1-2-13(14(23)22-11-7-5-10(18)6-8-11)25-16(24)12-4-3-9-21-15(12)26-17(19)20/h3-9,13,17H,2H2,1H3,(H,22,23). The molecule has 0 fully saturated rings. The summed E-state index contributed by atoms with van der Waals surface area (Å²) < 4.78 is 43.2. The van der Waals surface area contributed by atoms with Gasteiger partial charge < -0.3 is 10.1 Å². The highest BCUT2D eigenvalue weighted by Gasteiger charge is 2.25. The van der Waals surface area contributed by atoms with Gasteiger partial charge >= 0.3 is 5.97 Å². The van der Waals surface area contributed by atoms with Crippen molar-refractivity contribution in [1.82, 2.24) is 4.98 Å². The van der Waals surface area contributed by atoms with Gasteiger partial charge in [-0.15, -0.1) is 0 Å². The van der Waals surface area contributed by atoms with Crippen molar-refractivity contribution in [2.45, 2.75) is 30.2 Å². The first-order chi connectivity index (χ1) is 12.4. The summed E-state index contributed by atoms with van der Waals surface area (Å²) >= 11 is 0.119. The maximum atomic E-state index is 12.9. The van der Waals surface area contributed by atoms with Crippen molar-refractivity contribution in [2.24, 2.45) is 0 Å². The number of alkyl halides is 2. The topological polar surface area (TPSA) is 68.3 Å². The SMILES string of the molecule is CCC(OC(=O)c1cccnc1SC(F)F)C(=O)Nc1ccc(F)cc1. The molecule has 1 aromatic heterocycles. The number of amides is 1. The number of halogens is 3. The van der Waals surface area contributed by atoms with Crippen LogP contribution in [0.15, 0.2) is 47.6 Å². The number of pyridine rings is 1. The summed E-state index contributed by atoms with van der Waals surface area (Å²) in [5.41, 5.74) is 0.187. The number of carbonyl (C=O) groups is 2. The molecule has 0 spiro atoms. The van der Waals surface area contributed by atoms with Gasteiger partial charge in [-0.25, -0.2) is 14.2 Å². The second kappa shape index (κ2) is 9.23. The lowest BCUT2D eigenvalue weighted by atomic mass is 10.2. The Morgan fingerprint density at radius 3 is 2.54 bits per heavy atom. The summed E-state index contributed by atoms with van der Waals surface area (Å²) in [6.07, 6.45) is 0.299. The lowest BCUT2D eigenvalue weighted by Crippen LogP contribution is -2.32. The maximum Gasteiger partial charge on any atom is 0.341 e. The average Bonchev–Trinajstić information content (AvgIpc) is 2.61. The van der Waals surface area contributed by atoms with Crippen LogP contribution in [0.2, 0.25) is 0 Å². The van der Waals surface area contributed by atoms with E-state index in [1.165, 1.54) is 42.6 Å². The average molecular weight is 384 g/mol. The minimum absolute atomic E-state index is 0.119. The van der Waals surface area contributed by atoms with Crippen LogP contribution in [0.5, 0.6) is 0 Å². The normalized spacial score (nSPS) is 11.9. The summed E-state index contributed by atoms with van der Waals surface area (Å²) in [6.45, 7) is 1.63. The van der Waals surface area contributed by atoms with Gasteiger partial charge in [0.05, 0.1) is 5.56 Å². The monoisotopic (exact) mass is 384 g/mol. The zero-order valence-corrected chi connectivity index (χ0v) is 14.4. The van der Waals surface area contributed by atoms with Gasteiger partial charge in [-0.3, -0.25) is 4.79 Å². The second-order valence-corrected chi connectivity index (χ2v) is 6.01. The number of rotatable bonds is 7. The highest BCUT2D eigenvalue weighted by atomic mass is 32.2. The molecule has 0 saturated heterocycles. The third kappa shape index (κ3) is 5.48. The predicted molar refractivity (Wildman–Crippen MR) is 90.6 cm³/mol. The molecule has 1 aromatic carbocycles. The van der Waals surface area contributed by atoms with Gasteiger partial charge in [0, 0.05) is 11.9 Å². The third-order valence-corrected chi connectivity index (χ3v) is 3.94. The van der Waals surface area contributed by atoms with E-state index in [9.17, 15) is 22.8 Å². The third-order valence-electron chi connectivity index (χ3n) is 3.22. The van der Waals surface area contributed by atoms with Crippen molar-refractivity contribution in [1.29, 1.82) is 0 Å². The predicted octanol–water partition coefficient (Wildman–Crippen LogP) is 4.11. The Labute approximate surface area is 152 Å². The van der Waals surface area contributed by atoms with Gasteiger partial charge in [0.15, 0.2) is 6.10 Å². The van der Waals surface area contributed by atoms with Crippen LogP contribution in [-0.2, 0) is 9.53 Å². The largest absolute Gasteiger partial charge is 0.449 e. The molecular formula is C17H15F3N2O3S. The molecule has 0 aliphatic rings. The first-order valence-electron chi connectivity index (χ1n) is 7.58. The Morgan fingerprint density at radius 1 is 1.23 bits per heavy atom. The van der Waals surface area contributed by atoms with E-state index in [1.54, 1.807) is 6.92 Å². The van der Waals surface area contributed by atoms with Crippen molar-refractivity contribution in [3.8, 4) is 0 Å². The molecule has 9 heteroatoms. The molecule has 2 rings (SSSR count). The van der Waals surface area contributed by atoms with E-state index in [2.05, 4.69) is 10.3 Å². The number of ether oxygens (including phenoxy) is 1. The van der Waals surface area contributed by atoms with Gasteiger partial charge in [0.1, 0.15) is 10.8 Å². The molecule has 1 N–H and O–H groups in total. The Balaban J connectivity index is 2.08. The number of nitrogens with zero attached hydrogens (tertiary/aromatic N) is 1. The van der Waals surface area contributed by atoms with E-state index in [4.69, 9.17) is 4.74 Å². The molecule has 1 unspecified atom stereocenters. The molecular weight excluding hydrogens is 369 g/mol. The number of hydrogen-bond donors (Lipinski definition) is 1. The first kappa shape index (κ1) is 19.8. The molecule has 0 aliphatic carbocycles. The smallest absolute Gasteiger partial charge is 0.341 e. The zero-order valence-electron chi connectivity index (χ0n) is 13.6. The molecule has 2 aromatic rings. The lowest BCUT2D eigenvalue weighted by molar-refractivity contribution is -0.124. The van der Waals surface area contributed by atoms with Crippen LogP contribution in [0.25, 0.3) is 0 Å². The fourth-order valence-corrected chi connectivity index (χ4v) is 2.56. The number of aromatic nitrogens is 1. The zero-order chi connectivity index (χ0) is 19.1. The molecule has 0 bridgehead atoms. The molecule has 0 radical (unpaired) electrons. The number of carbonyl (C=O) groups excluding carboxylic acids is 2. The number of thioether (sulfide) groups is 1. The second-order valence-electron chi connectivity index (χ2n) is 5.03. The van der Waals surface area contributed by atoms with Crippen molar-refractivity contribution in [2.75, 3.05) is 5.32 Å². The van der Waals surface area contributed by atoms with E-state index in [-0.39, 0.29) is 28.8 Å². The van der Waals surface area contributed by atoms with Gasteiger partial charge in [-0.2, -0.15) is 8.78 Å². The van der Waals surface area contributed by atoms with E-state index in [0.717, 1.165) is 0 Å². The van der Waals surface area contributed by atoms with Crippen LogP contribution >= 0.6 is 11.8 Å². The van der Waals surface area contributed by atoms with Gasteiger partial charge in [0.25, 0.3) is 11.7 Å². The lowest BCUT2D eigenvalue weighted by Gasteiger charge is -2.17. The van der Waals surface area contributed by atoms with Crippen LogP contribution < -0.4 is 5.32 Å². The van der Waals surface area contributed by atoms with E-state index in [0.29, 0.717) is 5.69 Å². The van der Waals surface area contributed by atoms with Crippen molar-refractivity contribution < 1.29 is 27.5 Å². The van der Waals surface area contributed by atoms with E-state index < -0.39 is 29.6 Å². The van der Waals surface area contributed by atoms with Gasteiger partial charge in [-0.05, 0) is 54.6 Å². The van der Waals surface area contributed by atoms with Crippen LogP contribution in [0.4, 0.5) is 18.9 Å². The maximum absolute atomic E-state index is 12.9. The number of anilines is 1. The fourth-order valence-electron chi connectivity index (χ4n) is 2.00. The van der Waals surface area contributed by atoms with Crippen molar-refractivity contribution >= 4 is 29.3 Å². The summed E-state index contributed by atoms with van der Waals surface area (Å²) in [4.78, 5) is 28.2. The van der Waals surface area contributed by atoms with Gasteiger partial charge in [-0.1, -0.05) is 6.92 Å². The minimum atomic E-state index is -2.75. The Morgan fingerprint density at radius 2 is 1.92 bits per heavy atom. The highest BCUT2D eigenvalue weighted by Crippen LogP contribution is 2.27. The van der Waals surface area contributed by atoms with E-state index >= 15 is 0 Å². The van der Waals surface area contributed by atoms with Crippen LogP contribution in [-0.4, -0.2) is 28.7 Å². The summed E-state index contributed by atoms with van der Waals surface area (Å²) in [7, 11) is 0. The molecule has 5 nitrogen and oxygen atoms in total. The summed E-state index contributed by atoms with van der Waals surface area (Å²) in [6, 6.07) is 7.77. The Bertz CT molecular complexity index is 772. The van der Waals surface area contributed by atoms with Crippen LogP contribution in [0.3, 0.4) is 0 Å². The van der Waals surface area contributed by atoms with Crippen molar-refractivity contribution in [3.05, 3.63) is 54.0 Å². The van der Waals surface area contributed by atoms with Gasteiger partial charge in [0.2, 0.25) is 0 Å². The highest BCUT2D eigenvalue weighted by molar-refractivity contribution is 7.99. The molecule has 1 heterocycles. The number of esters is 1. The molecule has 1 atom stereocenters. The number of nitrogens with one attached hydrogen (secondary N) is 1. The van der Waals surface area contributed by atoms with Crippen LogP contribution in [0, 0.1) is 5.82 Å². The minimum Gasteiger partial charge on any atom is -0.449 e. The molecule has 138 valence electrons. The van der Waals surface area contributed by atoms with E-state index in [1.807, 2.05) is 0 Å². The van der Waals surface area contributed by atoms with Crippen molar-refractivity contribution in [3.63, 3.8) is 0 Å². The Kier molecular flexibility index (Phi) is 7.02.